The molecule has 0 spiro atoms. The molecule has 0 bridgehead atoms. The van der Waals surface area contributed by atoms with Gasteiger partial charge in [-0.05, 0) is 42.8 Å². The number of thioether (sulfide) groups is 1. The molecule has 7 nitrogen and oxygen atoms in total. The molecular weight excluding hydrogens is 417 g/mol. The summed E-state index contributed by atoms with van der Waals surface area (Å²) in [6.45, 7) is 6.23. The molecular formula is C22H22FN5O2S. The highest BCUT2D eigenvalue weighted by molar-refractivity contribution is 7.99. The van der Waals surface area contributed by atoms with E-state index in [4.69, 9.17) is 0 Å². The Morgan fingerprint density at radius 2 is 1.90 bits per heavy atom. The zero-order chi connectivity index (χ0) is 22.2. The number of allylic oxidation sites excluding steroid dienone is 1. The molecule has 2 aromatic carbocycles. The number of hydrogen-bond acceptors (Lipinski definition) is 5. The molecule has 0 atom stereocenters. The monoisotopic (exact) mass is 439 g/mol. The zero-order valence-corrected chi connectivity index (χ0v) is 17.8. The number of nitrogens with one attached hydrogen (secondary N) is 2. The maximum absolute atomic E-state index is 13.0. The highest BCUT2D eigenvalue weighted by Gasteiger charge is 2.15. The molecule has 2 amide bonds. The number of nitrogens with zero attached hydrogens (tertiary/aromatic N) is 3. The average Bonchev–Trinajstić information content (AvgIpc) is 3.14. The molecule has 160 valence electrons. The van der Waals surface area contributed by atoms with Gasteiger partial charge in [-0.1, -0.05) is 36.0 Å². The maximum Gasteiger partial charge on any atom is 0.251 e. The molecule has 2 N–H and O–H groups in total. The lowest BCUT2D eigenvalue weighted by Gasteiger charge is -2.10. The number of benzene rings is 2. The van der Waals surface area contributed by atoms with Crippen LogP contribution in [0.15, 0.2) is 66.3 Å². The summed E-state index contributed by atoms with van der Waals surface area (Å²) in [5.74, 6) is -0.225. The average molecular weight is 440 g/mol. The normalized spacial score (nSPS) is 10.5. The van der Waals surface area contributed by atoms with Crippen molar-refractivity contribution < 1.29 is 14.0 Å². The third-order valence-electron chi connectivity index (χ3n) is 4.37. The molecule has 0 aliphatic rings. The molecule has 0 aliphatic heterocycles. The number of carbonyl (C=O) groups is 2. The van der Waals surface area contributed by atoms with Crippen LogP contribution >= 0.6 is 11.8 Å². The van der Waals surface area contributed by atoms with E-state index in [0.29, 0.717) is 23.1 Å². The minimum atomic E-state index is -0.407. The molecule has 0 fully saturated rings. The zero-order valence-electron chi connectivity index (χ0n) is 17.0. The predicted molar refractivity (Wildman–Crippen MR) is 118 cm³/mol. The van der Waals surface area contributed by atoms with E-state index in [-0.39, 0.29) is 24.1 Å². The van der Waals surface area contributed by atoms with E-state index in [0.717, 1.165) is 11.3 Å². The first kappa shape index (κ1) is 22.2. The Bertz CT molecular complexity index is 1080. The van der Waals surface area contributed by atoms with E-state index in [2.05, 4.69) is 27.4 Å². The topological polar surface area (TPSA) is 88.9 Å². The van der Waals surface area contributed by atoms with Crippen molar-refractivity contribution in [1.29, 1.82) is 0 Å². The van der Waals surface area contributed by atoms with Crippen molar-refractivity contribution in [2.24, 2.45) is 0 Å². The first-order chi connectivity index (χ1) is 15.0. The highest BCUT2D eigenvalue weighted by Crippen LogP contribution is 2.19. The van der Waals surface area contributed by atoms with Gasteiger partial charge in [-0.25, -0.2) is 4.39 Å². The maximum atomic E-state index is 13.0. The van der Waals surface area contributed by atoms with Gasteiger partial charge in [0.1, 0.15) is 5.82 Å². The Morgan fingerprint density at radius 3 is 2.61 bits per heavy atom. The second kappa shape index (κ2) is 10.5. The summed E-state index contributed by atoms with van der Waals surface area (Å²) in [6.07, 6.45) is 1.69. The van der Waals surface area contributed by atoms with Gasteiger partial charge < -0.3 is 15.2 Å². The number of para-hydroxylation sites is 1. The standard InChI is InChI=1S/C22H22FN5O2S/c1-3-12-28-19(13-24-21(30)16-8-10-17(23)11-9-16)26-27-22(28)31-14-20(29)25-18-7-5-4-6-15(18)2/h3-11H,1,12-14H2,2H3,(H,24,30)(H,25,29). The van der Waals surface area contributed by atoms with Crippen molar-refractivity contribution in [2.75, 3.05) is 11.1 Å². The quantitative estimate of drug-likeness (QED) is 0.393. The van der Waals surface area contributed by atoms with Crippen molar-refractivity contribution >= 4 is 29.3 Å². The second-order valence-corrected chi connectivity index (χ2v) is 7.58. The van der Waals surface area contributed by atoms with Gasteiger partial charge in [0.05, 0.1) is 12.3 Å². The summed E-state index contributed by atoms with van der Waals surface area (Å²) < 4.78 is 14.8. The van der Waals surface area contributed by atoms with Gasteiger partial charge >= 0.3 is 0 Å². The Hall–Kier alpha value is -3.46. The number of amides is 2. The van der Waals surface area contributed by atoms with E-state index in [1.165, 1.54) is 36.0 Å². The lowest BCUT2D eigenvalue weighted by Crippen LogP contribution is -2.25. The van der Waals surface area contributed by atoms with E-state index < -0.39 is 5.82 Å². The molecule has 0 radical (unpaired) electrons. The Morgan fingerprint density at radius 1 is 1.16 bits per heavy atom. The smallest absolute Gasteiger partial charge is 0.251 e. The van der Waals surface area contributed by atoms with Crippen LogP contribution in [0.1, 0.15) is 21.7 Å². The fourth-order valence-corrected chi connectivity index (χ4v) is 3.53. The van der Waals surface area contributed by atoms with Crippen LogP contribution in [0.3, 0.4) is 0 Å². The summed E-state index contributed by atoms with van der Waals surface area (Å²) in [7, 11) is 0. The lowest BCUT2D eigenvalue weighted by atomic mass is 10.2. The predicted octanol–water partition coefficient (Wildman–Crippen LogP) is 3.57. The van der Waals surface area contributed by atoms with E-state index in [1.54, 1.807) is 10.6 Å². The number of rotatable bonds is 9. The van der Waals surface area contributed by atoms with Crippen molar-refractivity contribution in [3.63, 3.8) is 0 Å². The number of aryl methyl sites for hydroxylation is 1. The molecule has 9 heteroatoms. The molecule has 0 aliphatic carbocycles. The third kappa shape index (κ3) is 6.02. The first-order valence-corrected chi connectivity index (χ1v) is 10.5. The van der Waals surface area contributed by atoms with Gasteiger partial charge in [-0.2, -0.15) is 0 Å². The van der Waals surface area contributed by atoms with E-state index in [9.17, 15) is 14.0 Å². The van der Waals surface area contributed by atoms with Gasteiger partial charge in [-0.15, -0.1) is 16.8 Å². The molecule has 3 aromatic rings. The van der Waals surface area contributed by atoms with Crippen LogP contribution in [0.2, 0.25) is 0 Å². The largest absolute Gasteiger partial charge is 0.345 e. The van der Waals surface area contributed by atoms with Crippen molar-refractivity contribution in [3.05, 3.63) is 84.0 Å². The summed E-state index contributed by atoms with van der Waals surface area (Å²) in [6, 6.07) is 12.8. The van der Waals surface area contributed by atoms with Crippen molar-refractivity contribution in [2.45, 2.75) is 25.2 Å². The van der Waals surface area contributed by atoms with E-state index in [1.807, 2.05) is 31.2 Å². The van der Waals surface area contributed by atoms with Crippen LogP contribution in [0.25, 0.3) is 0 Å². The third-order valence-corrected chi connectivity index (χ3v) is 5.34. The van der Waals surface area contributed by atoms with Gasteiger partial charge in [-0.3, -0.25) is 9.59 Å². The molecule has 31 heavy (non-hydrogen) atoms. The number of halogens is 1. The van der Waals surface area contributed by atoms with Crippen LogP contribution in [-0.2, 0) is 17.9 Å². The van der Waals surface area contributed by atoms with E-state index >= 15 is 0 Å². The molecule has 0 unspecified atom stereocenters. The summed E-state index contributed by atoms with van der Waals surface area (Å²) in [5, 5.41) is 14.4. The summed E-state index contributed by atoms with van der Waals surface area (Å²) >= 11 is 1.25. The summed E-state index contributed by atoms with van der Waals surface area (Å²) in [5.41, 5.74) is 2.10. The Balaban J connectivity index is 1.61. The summed E-state index contributed by atoms with van der Waals surface area (Å²) in [4.78, 5) is 24.6. The van der Waals surface area contributed by atoms with Crippen LogP contribution in [0.4, 0.5) is 10.1 Å². The second-order valence-electron chi connectivity index (χ2n) is 6.64. The molecule has 1 heterocycles. The fraction of sp³-hybridized carbons (Fsp3) is 0.182. The minimum absolute atomic E-state index is 0.132. The number of aromatic nitrogens is 3. The van der Waals surface area contributed by atoms with Crippen LogP contribution in [-0.4, -0.2) is 32.3 Å². The molecule has 0 saturated heterocycles. The minimum Gasteiger partial charge on any atom is -0.345 e. The van der Waals surface area contributed by atoms with Gasteiger partial charge in [0, 0.05) is 17.8 Å². The number of hydrogen-bond donors (Lipinski definition) is 2. The Labute approximate surface area is 183 Å². The van der Waals surface area contributed by atoms with Crippen LogP contribution < -0.4 is 10.6 Å². The van der Waals surface area contributed by atoms with Gasteiger partial charge in [0.25, 0.3) is 5.91 Å². The first-order valence-electron chi connectivity index (χ1n) is 9.53. The SMILES string of the molecule is C=CCn1c(CNC(=O)c2ccc(F)cc2)nnc1SCC(=O)Nc1ccccc1C. The molecule has 1 aromatic heterocycles. The van der Waals surface area contributed by atoms with Crippen molar-refractivity contribution in [1.82, 2.24) is 20.1 Å². The fourth-order valence-electron chi connectivity index (χ4n) is 2.76. The molecule has 3 rings (SSSR count). The molecule has 0 saturated carbocycles. The highest BCUT2D eigenvalue weighted by atomic mass is 32.2. The number of carbonyl (C=O) groups excluding carboxylic acids is 2. The van der Waals surface area contributed by atoms with Gasteiger partial charge in [0.15, 0.2) is 11.0 Å². The van der Waals surface area contributed by atoms with Crippen LogP contribution in [0.5, 0.6) is 0 Å². The number of anilines is 1. The van der Waals surface area contributed by atoms with Crippen molar-refractivity contribution in [3.8, 4) is 0 Å². The lowest BCUT2D eigenvalue weighted by molar-refractivity contribution is -0.113. The van der Waals surface area contributed by atoms with Crippen LogP contribution in [0, 0.1) is 12.7 Å². The Kier molecular flexibility index (Phi) is 7.55. The van der Waals surface area contributed by atoms with Gasteiger partial charge in [0.2, 0.25) is 5.91 Å².